The molecular weight excluding hydrogens is 266 g/mol. The molecule has 0 bridgehead atoms. The summed E-state index contributed by atoms with van der Waals surface area (Å²) in [4.78, 5) is 11.9. The van der Waals surface area contributed by atoms with E-state index in [1.54, 1.807) is 0 Å². The van der Waals surface area contributed by atoms with Crippen molar-refractivity contribution in [2.75, 3.05) is 7.11 Å². The molecule has 0 unspecified atom stereocenters. The Balaban J connectivity index is 2.09. The van der Waals surface area contributed by atoms with E-state index >= 15 is 0 Å². The van der Waals surface area contributed by atoms with E-state index in [1.165, 1.54) is 7.11 Å². The Morgan fingerprint density at radius 2 is 1.62 bits per heavy atom. The number of nitrogens with two attached hydrogens (primary N) is 1. The first kappa shape index (κ1) is 15.2. The van der Waals surface area contributed by atoms with Crippen molar-refractivity contribution in [3.05, 3.63) is 71.8 Å². The lowest BCUT2D eigenvalue weighted by atomic mass is 10.0. The Hall–Kier alpha value is -2.17. The van der Waals surface area contributed by atoms with Gasteiger partial charge in [0.15, 0.2) is 6.10 Å². The highest BCUT2D eigenvalue weighted by atomic mass is 16.6. The number of esters is 1. The second kappa shape index (κ2) is 7.57. The van der Waals surface area contributed by atoms with E-state index in [2.05, 4.69) is 0 Å². The minimum Gasteiger partial charge on any atom is -0.467 e. The molecule has 0 saturated heterocycles. The van der Waals surface area contributed by atoms with Crippen LogP contribution in [0, 0.1) is 0 Å². The number of benzene rings is 2. The topological polar surface area (TPSA) is 61.5 Å². The maximum Gasteiger partial charge on any atom is 0.336 e. The third-order valence-corrected chi connectivity index (χ3v) is 3.22. The minimum absolute atomic E-state index is 0.307. The molecule has 2 aromatic carbocycles. The van der Waals surface area contributed by atoms with E-state index in [1.807, 2.05) is 60.7 Å². The SMILES string of the molecule is COC(=O)[C@H](OCc1ccccc1)[C@@H](N)c1ccccc1. The standard InChI is InChI=1S/C17H19NO3/c1-20-17(19)16(15(18)14-10-6-3-7-11-14)21-12-13-8-4-2-5-9-13/h2-11,15-16H,12,18H2,1H3/t15-,16+/m0/s1. The first-order valence-electron chi connectivity index (χ1n) is 6.76. The molecule has 0 aliphatic heterocycles. The molecule has 0 aromatic heterocycles. The van der Waals surface area contributed by atoms with Gasteiger partial charge in [0.1, 0.15) is 0 Å². The molecule has 110 valence electrons. The number of ether oxygens (including phenoxy) is 2. The van der Waals surface area contributed by atoms with Crippen LogP contribution in [-0.2, 0) is 20.9 Å². The second-order valence-corrected chi connectivity index (χ2v) is 4.68. The highest BCUT2D eigenvalue weighted by Gasteiger charge is 2.28. The predicted octanol–water partition coefficient (Wildman–Crippen LogP) is 2.44. The maximum absolute atomic E-state index is 11.9. The van der Waals surface area contributed by atoms with E-state index in [0.717, 1.165) is 11.1 Å². The van der Waals surface area contributed by atoms with Crippen molar-refractivity contribution in [3.8, 4) is 0 Å². The predicted molar refractivity (Wildman–Crippen MR) is 80.4 cm³/mol. The zero-order valence-corrected chi connectivity index (χ0v) is 11.9. The monoisotopic (exact) mass is 285 g/mol. The van der Waals surface area contributed by atoms with Crippen molar-refractivity contribution in [2.24, 2.45) is 5.73 Å². The van der Waals surface area contributed by atoms with Gasteiger partial charge >= 0.3 is 5.97 Å². The summed E-state index contributed by atoms with van der Waals surface area (Å²) in [7, 11) is 1.33. The molecule has 2 rings (SSSR count). The third-order valence-electron chi connectivity index (χ3n) is 3.22. The van der Waals surface area contributed by atoms with Gasteiger partial charge in [0, 0.05) is 0 Å². The summed E-state index contributed by atoms with van der Waals surface area (Å²) in [5.41, 5.74) is 7.97. The number of rotatable bonds is 6. The maximum atomic E-state index is 11.9. The van der Waals surface area contributed by atoms with Crippen LogP contribution in [0.5, 0.6) is 0 Å². The van der Waals surface area contributed by atoms with Gasteiger partial charge in [-0.1, -0.05) is 60.7 Å². The van der Waals surface area contributed by atoms with Crippen molar-refractivity contribution in [1.29, 1.82) is 0 Å². The number of carbonyl (C=O) groups excluding carboxylic acids is 1. The number of hydrogen-bond donors (Lipinski definition) is 1. The Morgan fingerprint density at radius 3 is 2.19 bits per heavy atom. The summed E-state index contributed by atoms with van der Waals surface area (Å²) in [5, 5.41) is 0. The van der Waals surface area contributed by atoms with Gasteiger partial charge in [-0.2, -0.15) is 0 Å². The van der Waals surface area contributed by atoms with Crippen LogP contribution in [0.2, 0.25) is 0 Å². The fraction of sp³-hybridized carbons (Fsp3) is 0.235. The van der Waals surface area contributed by atoms with Crippen LogP contribution in [0.4, 0.5) is 0 Å². The highest BCUT2D eigenvalue weighted by molar-refractivity contribution is 5.75. The molecule has 0 amide bonds. The Kier molecular flexibility index (Phi) is 5.49. The molecule has 0 heterocycles. The van der Waals surface area contributed by atoms with Crippen LogP contribution < -0.4 is 5.73 Å². The van der Waals surface area contributed by atoms with Gasteiger partial charge in [0.2, 0.25) is 0 Å². The van der Waals surface area contributed by atoms with Crippen molar-refractivity contribution >= 4 is 5.97 Å². The molecule has 0 fully saturated rings. The zero-order chi connectivity index (χ0) is 15.1. The normalized spacial score (nSPS) is 13.4. The minimum atomic E-state index is -0.836. The second-order valence-electron chi connectivity index (χ2n) is 4.68. The van der Waals surface area contributed by atoms with Crippen LogP contribution in [0.15, 0.2) is 60.7 Å². The van der Waals surface area contributed by atoms with Crippen LogP contribution in [-0.4, -0.2) is 19.2 Å². The molecule has 0 aliphatic carbocycles. The highest BCUT2D eigenvalue weighted by Crippen LogP contribution is 2.19. The lowest BCUT2D eigenvalue weighted by Crippen LogP contribution is -2.36. The quantitative estimate of drug-likeness (QED) is 0.828. The summed E-state index contributed by atoms with van der Waals surface area (Å²) < 4.78 is 10.5. The lowest BCUT2D eigenvalue weighted by molar-refractivity contribution is -0.156. The van der Waals surface area contributed by atoms with E-state index in [4.69, 9.17) is 15.2 Å². The smallest absolute Gasteiger partial charge is 0.336 e. The number of carbonyl (C=O) groups is 1. The third kappa shape index (κ3) is 4.15. The molecule has 2 atom stereocenters. The summed E-state index contributed by atoms with van der Waals surface area (Å²) in [6.45, 7) is 0.307. The fourth-order valence-electron chi connectivity index (χ4n) is 2.04. The molecule has 4 heteroatoms. The van der Waals surface area contributed by atoms with E-state index in [9.17, 15) is 4.79 Å². The van der Waals surface area contributed by atoms with Crippen LogP contribution in [0.1, 0.15) is 17.2 Å². The molecule has 2 aromatic rings. The number of hydrogen-bond acceptors (Lipinski definition) is 4. The molecule has 0 saturated carbocycles. The van der Waals surface area contributed by atoms with Crippen molar-refractivity contribution < 1.29 is 14.3 Å². The van der Waals surface area contributed by atoms with Gasteiger partial charge in [0.05, 0.1) is 19.8 Å². The van der Waals surface area contributed by atoms with Gasteiger partial charge in [-0.25, -0.2) is 4.79 Å². The Morgan fingerprint density at radius 1 is 1.05 bits per heavy atom. The van der Waals surface area contributed by atoms with Gasteiger partial charge in [-0.05, 0) is 11.1 Å². The molecule has 0 spiro atoms. The zero-order valence-electron chi connectivity index (χ0n) is 11.9. The molecule has 0 aliphatic rings. The molecule has 0 radical (unpaired) electrons. The van der Waals surface area contributed by atoms with Crippen LogP contribution in [0.25, 0.3) is 0 Å². The lowest BCUT2D eigenvalue weighted by Gasteiger charge is -2.22. The number of methoxy groups -OCH3 is 1. The van der Waals surface area contributed by atoms with Gasteiger partial charge in [0.25, 0.3) is 0 Å². The molecule has 4 nitrogen and oxygen atoms in total. The Labute approximate surface area is 124 Å². The van der Waals surface area contributed by atoms with E-state index in [-0.39, 0.29) is 0 Å². The van der Waals surface area contributed by atoms with Gasteiger partial charge in [-0.3, -0.25) is 0 Å². The largest absolute Gasteiger partial charge is 0.467 e. The average molecular weight is 285 g/mol. The first-order valence-corrected chi connectivity index (χ1v) is 6.76. The van der Waals surface area contributed by atoms with Crippen LogP contribution in [0.3, 0.4) is 0 Å². The summed E-state index contributed by atoms with van der Waals surface area (Å²) in [6, 6.07) is 18.4. The summed E-state index contributed by atoms with van der Waals surface area (Å²) in [5.74, 6) is -0.470. The first-order chi connectivity index (χ1) is 10.2. The van der Waals surface area contributed by atoms with Gasteiger partial charge < -0.3 is 15.2 Å². The van der Waals surface area contributed by atoms with Crippen molar-refractivity contribution in [3.63, 3.8) is 0 Å². The molecule has 2 N–H and O–H groups in total. The molecular formula is C17H19NO3. The Bertz CT molecular complexity index is 557. The van der Waals surface area contributed by atoms with Crippen molar-refractivity contribution in [2.45, 2.75) is 18.8 Å². The molecule has 21 heavy (non-hydrogen) atoms. The van der Waals surface area contributed by atoms with Crippen molar-refractivity contribution in [1.82, 2.24) is 0 Å². The van der Waals surface area contributed by atoms with E-state index < -0.39 is 18.1 Å². The van der Waals surface area contributed by atoms with Crippen LogP contribution >= 0.6 is 0 Å². The summed E-state index contributed by atoms with van der Waals surface area (Å²) in [6.07, 6.45) is -0.836. The van der Waals surface area contributed by atoms with E-state index in [0.29, 0.717) is 6.61 Å². The average Bonchev–Trinajstić information content (AvgIpc) is 2.56. The van der Waals surface area contributed by atoms with Gasteiger partial charge in [-0.15, -0.1) is 0 Å². The summed E-state index contributed by atoms with van der Waals surface area (Å²) >= 11 is 0. The fourth-order valence-corrected chi connectivity index (χ4v) is 2.04.